The van der Waals surface area contributed by atoms with Gasteiger partial charge in [0.25, 0.3) is 0 Å². The summed E-state index contributed by atoms with van der Waals surface area (Å²) in [5.41, 5.74) is 7.00. The highest BCUT2D eigenvalue weighted by Gasteiger charge is 2.17. The van der Waals surface area contributed by atoms with Crippen LogP contribution in [0.1, 0.15) is 11.7 Å². The number of imidazole rings is 1. The van der Waals surface area contributed by atoms with Gasteiger partial charge in [-0.15, -0.1) is 0 Å². The highest BCUT2D eigenvalue weighted by atomic mass is 32.2. The van der Waals surface area contributed by atoms with E-state index in [0.29, 0.717) is 6.54 Å². The Labute approximate surface area is 95.8 Å². The average molecular weight is 228 g/mol. The van der Waals surface area contributed by atoms with E-state index >= 15 is 0 Å². The second kappa shape index (κ2) is 6.15. The molecule has 86 valence electrons. The Balaban J connectivity index is 2.67. The van der Waals surface area contributed by atoms with Crippen LogP contribution in [-0.4, -0.2) is 46.6 Å². The minimum absolute atomic E-state index is 0.268. The molecule has 0 saturated heterocycles. The summed E-state index contributed by atoms with van der Waals surface area (Å²) in [5.74, 6) is 1.13. The van der Waals surface area contributed by atoms with Gasteiger partial charge < -0.3 is 10.3 Å². The average Bonchev–Trinajstić information content (AvgIpc) is 2.63. The van der Waals surface area contributed by atoms with Gasteiger partial charge in [-0.2, -0.15) is 11.8 Å². The Bertz CT molecular complexity index is 287. The van der Waals surface area contributed by atoms with E-state index in [4.69, 9.17) is 5.73 Å². The topological polar surface area (TPSA) is 47.1 Å². The fraction of sp³-hybridized carbons (Fsp3) is 0.700. The predicted molar refractivity (Wildman–Crippen MR) is 66.0 cm³/mol. The molecule has 0 radical (unpaired) electrons. The first-order chi connectivity index (χ1) is 7.20. The van der Waals surface area contributed by atoms with Crippen LogP contribution in [0.15, 0.2) is 12.5 Å². The molecule has 0 spiro atoms. The van der Waals surface area contributed by atoms with Crippen LogP contribution in [0.5, 0.6) is 0 Å². The molecule has 1 unspecified atom stereocenters. The fourth-order valence-corrected chi connectivity index (χ4v) is 2.08. The van der Waals surface area contributed by atoms with E-state index in [2.05, 4.69) is 23.2 Å². The largest absolute Gasteiger partial charge is 0.336 e. The lowest BCUT2D eigenvalue weighted by Gasteiger charge is -2.26. The molecule has 2 N–H and O–H groups in total. The van der Waals surface area contributed by atoms with Crippen molar-refractivity contribution in [3.63, 3.8) is 0 Å². The summed E-state index contributed by atoms with van der Waals surface area (Å²) in [5, 5.41) is 0. The molecule has 0 aliphatic heterocycles. The molecule has 4 nitrogen and oxygen atoms in total. The summed E-state index contributed by atoms with van der Waals surface area (Å²) >= 11 is 1.85. The van der Waals surface area contributed by atoms with Crippen molar-refractivity contribution in [2.45, 2.75) is 6.04 Å². The lowest BCUT2D eigenvalue weighted by atomic mass is 10.2. The molecule has 0 aliphatic carbocycles. The number of thioether (sulfide) groups is 1. The second-order valence-corrected chi connectivity index (χ2v) is 4.64. The van der Waals surface area contributed by atoms with Crippen molar-refractivity contribution >= 4 is 11.8 Å². The van der Waals surface area contributed by atoms with Crippen LogP contribution in [0.3, 0.4) is 0 Å². The van der Waals surface area contributed by atoms with Crippen molar-refractivity contribution in [2.75, 3.05) is 32.1 Å². The Morgan fingerprint density at radius 3 is 2.87 bits per heavy atom. The van der Waals surface area contributed by atoms with Crippen LogP contribution in [0.25, 0.3) is 0 Å². The SMILES string of the molecule is CSCCN(C)C(CN)c1cncn1C. The van der Waals surface area contributed by atoms with Gasteiger partial charge >= 0.3 is 0 Å². The van der Waals surface area contributed by atoms with Crippen LogP contribution < -0.4 is 5.73 Å². The maximum absolute atomic E-state index is 5.82. The van der Waals surface area contributed by atoms with Crippen LogP contribution >= 0.6 is 11.8 Å². The van der Waals surface area contributed by atoms with Crippen LogP contribution in [0.2, 0.25) is 0 Å². The molecule has 5 heteroatoms. The first-order valence-corrected chi connectivity index (χ1v) is 6.45. The quantitative estimate of drug-likeness (QED) is 0.779. The van der Waals surface area contributed by atoms with Gasteiger partial charge in [0.1, 0.15) is 0 Å². The first-order valence-electron chi connectivity index (χ1n) is 5.06. The lowest BCUT2D eigenvalue weighted by Crippen LogP contribution is -2.33. The van der Waals surface area contributed by atoms with E-state index in [1.165, 1.54) is 5.69 Å². The molecular formula is C10H20N4S. The summed E-state index contributed by atoms with van der Waals surface area (Å²) in [4.78, 5) is 6.41. The zero-order valence-corrected chi connectivity index (χ0v) is 10.5. The normalized spacial score (nSPS) is 13.4. The monoisotopic (exact) mass is 228 g/mol. The van der Waals surface area contributed by atoms with Crippen LogP contribution in [-0.2, 0) is 7.05 Å². The summed E-state index contributed by atoms with van der Waals surface area (Å²) < 4.78 is 2.03. The highest BCUT2D eigenvalue weighted by Crippen LogP contribution is 2.17. The smallest absolute Gasteiger partial charge is 0.0946 e. The van der Waals surface area contributed by atoms with Gasteiger partial charge in [0.15, 0.2) is 0 Å². The van der Waals surface area contributed by atoms with E-state index in [-0.39, 0.29) is 6.04 Å². The molecule has 1 aromatic rings. The van der Waals surface area contributed by atoms with E-state index in [1.807, 2.05) is 35.9 Å². The molecule has 15 heavy (non-hydrogen) atoms. The van der Waals surface area contributed by atoms with Gasteiger partial charge in [-0.25, -0.2) is 4.98 Å². The number of nitrogens with zero attached hydrogens (tertiary/aromatic N) is 3. The van der Waals surface area contributed by atoms with E-state index < -0.39 is 0 Å². The first kappa shape index (κ1) is 12.5. The Morgan fingerprint density at radius 1 is 1.67 bits per heavy atom. The number of likely N-dealkylation sites (N-methyl/N-ethyl adjacent to an activating group) is 1. The van der Waals surface area contributed by atoms with Crippen LogP contribution in [0.4, 0.5) is 0 Å². The van der Waals surface area contributed by atoms with Crippen LogP contribution in [0, 0.1) is 0 Å². The number of hydrogen-bond acceptors (Lipinski definition) is 4. The standard InChI is InChI=1S/C10H20N4S/c1-13(4-5-15-3)9(6-11)10-7-12-8-14(10)2/h7-9H,4-6,11H2,1-3H3. The summed E-state index contributed by atoms with van der Waals surface area (Å²) in [6, 6.07) is 0.268. The Kier molecular flexibility index (Phi) is 5.14. The van der Waals surface area contributed by atoms with Crippen molar-refractivity contribution in [2.24, 2.45) is 12.8 Å². The maximum atomic E-state index is 5.82. The molecule has 1 atom stereocenters. The molecular weight excluding hydrogens is 208 g/mol. The third-order valence-electron chi connectivity index (χ3n) is 2.60. The minimum atomic E-state index is 0.268. The third kappa shape index (κ3) is 3.22. The number of aromatic nitrogens is 2. The minimum Gasteiger partial charge on any atom is -0.336 e. The second-order valence-electron chi connectivity index (χ2n) is 3.65. The molecule has 0 bridgehead atoms. The van der Waals surface area contributed by atoms with Gasteiger partial charge in [0.2, 0.25) is 0 Å². The van der Waals surface area contributed by atoms with Crippen molar-refractivity contribution < 1.29 is 0 Å². The van der Waals surface area contributed by atoms with E-state index in [0.717, 1.165) is 12.3 Å². The molecule has 1 heterocycles. The maximum Gasteiger partial charge on any atom is 0.0946 e. The third-order valence-corrected chi connectivity index (χ3v) is 3.19. The molecule has 0 aliphatic rings. The highest BCUT2D eigenvalue weighted by molar-refractivity contribution is 7.98. The predicted octanol–water partition coefficient (Wildman–Crippen LogP) is 0.715. The molecule has 0 fully saturated rings. The summed E-state index contributed by atoms with van der Waals surface area (Å²) in [7, 11) is 4.12. The molecule has 0 aromatic carbocycles. The number of rotatable bonds is 6. The summed E-state index contributed by atoms with van der Waals surface area (Å²) in [6.45, 7) is 1.68. The van der Waals surface area contributed by atoms with Gasteiger partial charge in [-0.05, 0) is 13.3 Å². The zero-order chi connectivity index (χ0) is 11.3. The Hall–Kier alpha value is -0.520. The van der Waals surface area contributed by atoms with Crippen molar-refractivity contribution in [1.29, 1.82) is 0 Å². The van der Waals surface area contributed by atoms with E-state index in [9.17, 15) is 0 Å². The molecule has 0 saturated carbocycles. The van der Waals surface area contributed by atoms with Crippen molar-refractivity contribution in [3.05, 3.63) is 18.2 Å². The van der Waals surface area contributed by atoms with Gasteiger partial charge in [-0.1, -0.05) is 0 Å². The lowest BCUT2D eigenvalue weighted by molar-refractivity contribution is 0.257. The van der Waals surface area contributed by atoms with E-state index in [1.54, 1.807) is 0 Å². The van der Waals surface area contributed by atoms with Gasteiger partial charge in [0.05, 0.1) is 18.1 Å². The fourth-order valence-electron chi connectivity index (χ4n) is 1.61. The summed E-state index contributed by atoms with van der Waals surface area (Å²) in [6.07, 6.45) is 5.84. The van der Waals surface area contributed by atoms with Crippen molar-refractivity contribution in [1.82, 2.24) is 14.5 Å². The molecule has 1 aromatic heterocycles. The zero-order valence-electron chi connectivity index (χ0n) is 9.68. The number of aryl methyl sites for hydroxylation is 1. The number of nitrogens with two attached hydrogens (primary N) is 1. The Morgan fingerprint density at radius 2 is 2.40 bits per heavy atom. The molecule has 0 amide bonds. The number of hydrogen-bond donors (Lipinski definition) is 1. The van der Waals surface area contributed by atoms with Crippen molar-refractivity contribution in [3.8, 4) is 0 Å². The van der Waals surface area contributed by atoms with Gasteiger partial charge in [-0.3, -0.25) is 4.90 Å². The molecule has 1 rings (SSSR count). The van der Waals surface area contributed by atoms with Gasteiger partial charge in [0, 0.05) is 32.1 Å².